The van der Waals surface area contributed by atoms with Crippen molar-refractivity contribution >= 4 is 35.1 Å². The quantitative estimate of drug-likeness (QED) is 0.327. The van der Waals surface area contributed by atoms with E-state index in [9.17, 15) is 23.1 Å². The number of alkyl halides is 3. The van der Waals surface area contributed by atoms with Crippen LogP contribution in [0.5, 0.6) is 0 Å². The number of benzene rings is 3. The average molecular weight is 489 g/mol. The Hall–Kier alpha value is -3.45. The van der Waals surface area contributed by atoms with Crippen LogP contribution in [-0.2, 0) is 30.5 Å². The van der Waals surface area contributed by atoms with Gasteiger partial charge in [0.15, 0.2) is 0 Å². The van der Waals surface area contributed by atoms with Crippen LogP contribution in [0.2, 0.25) is 0 Å². The zero-order chi connectivity index (χ0) is 23.6. The van der Waals surface area contributed by atoms with Gasteiger partial charge in [-0.3, -0.25) is 4.79 Å². The minimum absolute atomic E-state index is 0. The monoisotopic (exact) mass is 488 g/mol. The Kier molecular flexibility index (Phi) is 7.57. The van der Waals surface area contributed by atoms with Crippen molar-refractivity contribution in [3.63, 3.8) is 0 Å². The summed E-state index contributed by atoms with van der Waals surface area (Å²) in [6, 6.07) is 22.6. The molecule has 0 aliphatic carbocycles. The first-order valence-corrected chi connectivity index (χ1v) is 10.5. The number of nitrogens with zero attached hydrogens (tertiary/aromatic N) is 2. The fraction of sp³-hybridized carbons (Fsp3) is 0.192. The van der Waals surface area contributed by atoms with Gasteiger partial charge in [0, 0.05) is 31.1 Å². The summed E-state index contributed by atoms with van der Waals surface area (Å²) in [7, 11) is 1.78. The third kappa shape index (κ3) is 5.37. The summed E-state index contributed by atoms with van der Waals surface area (Å²) in [4.78, 5) is 13.5. The standard InChI is InChI=1S/C26H23F3N2O2.ClH/c1-30(16-19-10-7-11-20(14-19)26(27,28)29)25-22(15-24(32)33)21-12-5-6-13-23(21)31(25)17-18-8-3-2-4-9-18;/h2-14H,15-17H2,1H3,(H,32,33);1H. The second kappa shape index (κ2) is 10.2. The number of fused-ring (bicyclic) bond motifs is 1. The number of aromatic nitrogens is 1. The zero-order valence-corrected chi connectivity index (χ0v) is 19.2. The van der Waals surface area contributed by atoms with Gasteiger partial charge in [0.2, 0.25) is 0 Å². The van der Waals surface area contributed by atoms with Gasteiger partial charge >= 0.3 is 12.1 Å². The number of carbonyl (C=O) groups is 1. The number of carboxylic acid groups (broad SMARTS) is 1. The van der Waals surface area contributed by atoms with Crippen molar-refractivity contribution in [3.8, 4) is 0 Å². The predicted octanol–water partition coefficient (Wildman–Crippen LogP) is 6.39. The van der Waals surface area contributed by atoms with Crippen LogP contribution in [0.25, 0.3) is 10.9 Å². The van der Waals surface area contributed by atoms with Gasteiger partial charge in [-0.05, 0) is 29.3 Å². The van der Waals surface area contributed by atoms with E-state index < -0.39 is 17.7 Å². The predicted molar refractivity (Wildman–Crippen MR) is 130 cm³/mol. The summed E-state index contributed by atoms with van der Waals surface area (Å²) < 4.78 is 41.6. The first kappa shape index (κ1) is 25.2. The van der Waals surface area contributed by atoms with Crippen LogP contribution in [0, 0.1) is 0 Å². The molecular formula is C26H24ClF3N2O2. The normalized spacial score (nSPS) is 11.3. The summed E-state index contributed by atoms with van der Waals surface area (Å²) >= 11 is 0. The van der Waals surface area contributed by atoms with E-state index in [4.69, 9.17) is 0 Å². The minimum atomic E-state index is -4.43. The molecule has 4 aromatic rings. The van der Waals surface area contributed by atoms with Gasteiger partial charge in [0.05, 0.1) is 17.5 Å². The molecular weight excluding hydrogens is 465 g/mol. The summed E-state index contributed by atoms with van der Waals surface area (Å²) in [5, 5.41) is 10.4. The Morgan fingerprint density at radius 1 is 0.941 bits per heavy atom. The molecule has 0 fully saturated rings. The third-order valence-electron chi connectivity index (χ3n) is 5.59. The number of carboxylic acids is 1. The van der Waals surface area contributed by atoms with Crippen molar-refractivity contribution in [3.05, 3.63) is 101 Å². The first-order chi connectivity index (χ1) is 15.7. The Labute approximate surface area is 201 Å². The Morgan fingerprint density at radius 2 is 1.59 bits per heavy atom. The van der Waals surface area contributed by atoms with Crippen LogP contribution >= 0.6 is 12.4 Å². The van der Waals surface area contributed by atoms with Crippen molar-refractivity contribution in [2.24, 2.45) is 0 Å². The smallest absolute Gasteiger partial charge is 0.416 e. The van der Waals surface area contributed by atoms with Crippen molar-refractivity contribution in [2.75, 3.05) is 11.9 Å². The van der Waals surface area contributed by atoms with E-state index in [-0.39, 0.29) is 25.4 Å². The Bertz CT molecular complexity index is 1290. The SMILES string of the molecule is CN(Cc1cccc(C(F)(F)F)c1)c1c(CC(=O)O)c2ccccc2n1Cc1ccccc1.Cl. The molecule has 0 saturated heterocycles. The van der Waals surface area contributed by atoms with Crippen LogP contribution in [0.3, 0.4) is 0 Å². The highest BCUT2D eigenvalue weighted by Gasteiger charge is 2.30. The van der Waals surface area contributed by atoms with Crippen molar-refractivity contribution < 1.29 is 23.1 Å². The van der Waals surface area contributed by atoms with Gasteiger partial charge in [0.1, 0.15) is 5.82 Å². The van der Waals surface area contributed by atoms with E-state index in [1.54, 1.807) is 13.1 Å². The summed E-state index contributed by atoms with van der Waals surface area (Å²) in [5.41, 5.74) is 2.34. The van der Waals surface area contributed by atoms with E-state index >= 15 is 0 Å². The second-order valence-corrected chi connectivity index (χ2v) is 8.02. The molecule has 0 aliphatic rings. The van der Waals surface area contributed by atoms with Crippen LogP contribution in [-0.4, -0.2) is 22.7 Å². The molecule has 0 spiro atoms. The molecule has 0 bridgehead atoms. The van der Waals surface area contributed by atoms with Crippen LogP contribution in [0.15, 0.2) is 78.9 Å². The Balaban J connectivity index is 0.00000324. The molecule has 3 aromatic carbocycles. The lowest BCUT2D eigenvalue weighted by Crippen LogP contribution is -2.22. The molecule has 34 heavy (non-hydrogen) atoms. The number of aliphatic carboxylic acids is 1. The highest BCUT2D eigenvalue weighted by molar-refractivity contribution is 5.93. The van der Waals surface area contributed by atoms with Gasteiger partial charge in [-0.2, -0.15) is 13.2 Å². The lowest BCUT2D eigenvalue weighted by atomic mass is 10.1. The van der Waals surface area contributed by atoms with E-state index in [0.29, 0.717) is 23.5 Å². The number of halogens is 4. The molecule has 8 heteroatoms. The fourth-order valence-corrected chi connectivity index (χ4v) is 4.24. The molecule has 1 heterocycles. The molecule has 1 N–H and O–H groups in total. The van der Waals surface area contributed by atoms with Crippen molar-refractivity contribution in [1.29, 1.82) is 0 Å². The van der Waals surface area contributed by atoms with E-state index in [2.05, 4.69) is 0 Å². The van der Waals surface area contributed by atoms with E-state index in [1.165, 1.54) is 6.07 Å². The maximum atomic E-state index is 13.2. The van der Waals surface area contributed by atoms with Crippen LogP contribution < -0.4 is 4.90 Å². The van der Waals surface area contributed by atoms with E-state index in [1.807, 2.05) is 64.1 Å². The molecule has 0 saturated carbocycles. The third-order valence-corrected chi connectivity index (χ3v) is 5.59. The van der Waals surface area contributed by atoms with Gasteiger partial charge in [-0.15, -0.1) is 12.4 Å². The molecule has 0 unspecified atom stereocenters. The maximum absolute atomic E-state index is 13.2. The zero-order valence-electron chi connectivity index (χ0n) is 18.4. The second-order valence-electron chi connectivity index (χ2n) is 8.02. The van der Waals surface area contributed by atoms with Crippen molar-refractivity contribution in [2.45, 2.75) is 25.7 Å². The first-order valence-electron chi connectivity index (χ1n) is 10.5. The lowest BCUT2D eigenvalue weighted by Gasteiger charge is -2.24. The van der Waals surface area contributed by atoms with Crippen LogP contribution in [0.4, 0.5) is 19.0 Å². The van der Waals surface area contributed by atoms with Gasteiger partial charge < -0.3 is 14.6 Å². The largest absolute Gasteiger partial charge is 0.481 e. The molecule has 178 valence electrons. The number of hydrogen-bond acceptors (Lipinski definition) is 2. The highest BCUT2D eigenvalue weighted by Crippen LogP contribution is 2.35. The van der Waals surface area contributed by atoms with Gasteiger partial charge in [0.25, 0.3) is 0 Å². The summed E-state index contributed by atoms with van der Waals surface area (Å²) in [6.45, 7) is 0.699. The molecule has 0 amide bonds. The highest BCUT2D eigenvalue weighted by atomic mass is 35.5. The molecule has 4 rings (SSSR count). The molecule has 0 aliphatic heterocycles. The van der Waals surface area contributed by atoms with Gasteiger partial charge in [-0.25, -0.2) is 0 Å². The Morgan fingerprint density at radius 3 is 2.26 bits per heavy atom. The maximum Gasteiger partial charge on any atom is 0.416 e. The van der Waals surface area contributed by atoms with Gasteiger partial charge in [-0.1, -0.05) is 60.7 Å². The number of para-hydroxylation sites is 1. The number of anilines is 1. The average Bonchev–Trinajstić information content (AvgIpc) is 3.07. The molecule has 1 aromatic heterocycles. The lowest BCUT2D eigenvalue weighted by molar-refractivity contribution is -0.138. The number of rotatable bonds is 7. The van der Waals surface area contributed by atoms with Crippen molar-refractivity contribution in [1.82, 2.24) is 4.57 Å². The minimum Gasteiger partial charge on any atom is -0.481 e. The van der Waals surface area contributed by atoms with E-state index in [0.717, 1.165) is 28.6 Å². The molecule has 0 atom stereocenters. The topological polar surface area (TPSA) is 45.5 Å². The number of hydrogen-bond donors (Lipinski definition) is 1. The fourth-order valence-electron chi connectivity index (χ4n) is 4.24. The summed E-state index contributed by atoms with van der Waals surface area (Å²) in [5.74, 6) is -0.286. The molecule has 4 nitrogen and oxygen atoms in total. The summed E-state index contributed by atoms with van der Waals surface area (Å²) in [6.07, 6.45) is -4.62. The molecule has 0 radical (unpaired) electrons. The van der Waals surface area contributed by atoms with Crippen LogP contribution in [0.1, 0.15) is 22.3 Å².